The van der Waals surface area contributed by atoms with Gasteiger partial charge in [0, 0.05) is 5.03 Å². The summed E-state index contributed by atoms with van der Waals surface area (Å²) in [6.45, 7) is 0. The molecule has 1 aliphatic rings. The molecular formula is C18H10Cl3NO2S. The molecule has 0 bridgehead atoms. The Morgan fingerprint density at radius 3 is 2.40 bits per heavy atom. The molecule has 0 unspecified atom stereocenters. The zero-order chi connectivity index (χ0) is 18.0. The van der Waals surface area contributed by atoms with Gasteiger partial charge in [-0.3, -0.25) is 9.59 Å². The minimum Gasteiger partial charge on any atom is -0.268 e. The first-order valence-corrected chi connectivity index (χ1v) is 9.06. The Morgan fingerprint density at radius 1 is 1.00 bits per heavy atom. The summed E-state index contributed by atoms with van der Waals surface area (Å²) in [5.41, 5.74) is 1.26. The van der Waals surface area contributed by atoms with Crippen LogP contribution in [-0.2, 0) is 4.79 Å². The van der Waals surface area contributed by atoms with Crippen molar-refractivity contribution in [3.05, 3.63) is 80.2 Å². The fraction of sp³-hybridized carbons (Fsp3) is 0. The lowest BCUT2D eigenvalue weighted by Gasteiger charge is -2.13. The molecule has 3 rings (SSSR count). The minimum atomic E-state index is -0.451. The molecule has 3 nitrogen and oxygen atoms in total. The second-order valence-electron chi connectivity index (χ2n) is 5.06. The molecule has 2 aromatic carbocycles. The minimum absolute atomic E-state index is 0.244. The van der Waals surface area contributed by atoms with Crippen LogP contribution in [0, 0.1) is 0 Å². The third kappa shape index (κ3) is 4.10. The van der Waals surface area contributed by atoms with Gasteiger partial charge in [-0.2, -0.15) is 0 Å². The van der Waals surface area contributed by atoms with Crippen LogP contribution in [0.25, 0.3) is 6.08 Å². The van der Waals surface area contributed by atoms with Crippen molar-refractivity contribution in [2.24, 2.45) is 0 Å². The van der Waals surface area contributed by atoms with Crippen LogP contribution in [0.1, 0.15) is 5.56 Å². The summed E-state index contributed by atoms with van der Waals surface area (Å²) >= 11 is 18.9. The fourth-order valence-electron chi connectivity index (χ4n) is 2.19. The maximum Gasteiger partial charge on any atom is 0.298 e. The van der Waals surface area contributed by atoms with E-state index in [1.165, 1.54) is 18.2 Å². The van der Waals surface area contributed by atoms with Crippen molar-refractivity contribution in [2.75, 3.05) is 4.90 Å². The summed E-state index contributed by atoms with van der Waals surface area (Å²) in [7, 11) is 0. The van der Waals surface area contributed by atoms with E-state index < -0.39 is 11.1 Å². The molecule has 0 aliphatic carbocycles. The maximum atomic E-state index is 12.6. The SMILES string of the molecule is O=C1S/C(=C\C(Cl)=C\c2ccccc2)C(=O)N1c1ccc(Cl)c(Cl)c1. The first-order chi connectivity index (χ1) is 12.0. The summed E-state index contributed by atoms with van der Waals surface area (Å²) in [5.74, 6) is -0.451. The van der Waals surface area contributed by atoms with Crippen LogP contribution >= 0.6 is 46.6 Å². The monoisotopic (exact) mass is 409 g/mol. The van der Waals surface area contributed by atoms with Gasteiger partial charge in [0.15, 0.2) is 0 Å². The second-order valence-corrected chi connectivity index (χ2v) is 7.30. The molecule has 0 N–H and O–H groups in total. The predicted octanol–water partition coefficient (Wildman–Crippen LogP) is 6.36. The summed E-state index contributed by atoms with van der Waals surface area (Å²) in [5, 5.41) is 0.552. The van der Waals surface area contributed by atoms with Crippen LogP contribution < -0.4 is 4.90 Å². The van der Waals surface area contributed by atoms with Crippen LogP contribution in [0.3, 0.4) is 0 Å². The first-order valence-electron chi connectivity index (χ1n) is 7.11. The van der Waals surface area contributed by atoms with Gasteiger partial charge < -0.3 is 0 Å². The fourth-order valence-corrected chi connectivity index (χ4v) is 3.61. The second kappa shape index (κ2) is 7.67. The van der Waals surface area contributed by atoms with Gasteiger partial charge in [-0.25, -0.2) is 4.90 Å². The Morgan fingerprint density at radius 2 is 1.72 bits per heavy atom. The van der Waals surface area contributed by atoms with Crippen molar-refractivity contribution in [3.63, 3.8) is 0 Å². The van der Waals surface area contributed by atoms with E-state index in [0.29, 0.717) is 15.7 Å². The Labute approximate surface area is 163 Å². The first kappa shape index (κ1) is 18.1. The summed E-state index contributed by atoms with van der Waals surface area (Å²) in [6.07, 6.45) is 3.20. The van der Waals surface area contributed by atoms with Crippen molar-refractivity contribution >= 4 is 69.5 Å². The quantitative estimate of drug-likeness (QED) is 0.553. The summed E-state index contributed by atoms with van der Waals surface area (Å²) in [6, 6.07) is 14.0. The molecule has 7 heteroatoms. The highest BCUT2D eigenvalue weighted by Crippen LogP contribution is 2.37. The van der Waals surface area contributed by atoms with Crippen molar-refractivity contribution in [2.45, 2.75) is 0 Å². The molecule has 126 valence electrons. The summed E-state index contributed by atoms with van der Waals surface area (Å²) in [4.78, 5) is 26.1. The van der Waals surface area contributed by atoms with Gasteiger partial charge in [0.1, 0.15) is 0 Å². The molecule has 1 aliphatic heterocycles. The van der Waals surface area contributed by atoms with E-state index in [0.717, 1.165) is 22.2 Å². The molecule has 0 aromatic heterocycles. The summed E-state index contributed by atoms with van der Waals surface area (Å²) < 4.78 is 0. The van der Waals surface area contributed by atoms with Gasteiger partial charge in [-0.15, -0.1) is 0 Å². The van der Waals surface area contributed by atoms with Gasteiger partial charge in [-0.05, 0) is 47.7 Å². The molecule has 2 aromatic rings. The molecule has 0 atom stereocenters. The number of halogens is 3. The van der Waals surface area contributed by atoms with E-state index >= 15 is 0 Å². The molecule has 1 fully saturated rings. The van der Waals surface area contributed by atoms with Gasteiger partial charge in [-0.1, -0.05) is 65.1 Å². The number of nitrogens with zero attached hydrogens (tertiary/aromatic N) is 1. The Balaban J connectivity index is 1.88. The number of hydrogen-bond donors (Lipinski definition) is 0. The molecular weight excluding hydrogens is 401 g/mol. The van der Waals surface area contributed by atoms with Crippen molar-refractivity contribution < 1.29 is 9.59 Å². The molecule has 25 heavy (non-hydrogen) atoms. The third-order valence-electron chi connectivity index (χ3n) is 3.33. The topological polar surface area (TPSA) is 37.4 Å². The molecule has 1 heterocycles. The lowest BCUT2D eigenvalue weighted by molar-refractivity contribution is -0.113. The number of carbonyl (C=O) groups is 2. The van der Waals surface area contributed by atoms with E-state index in [2.05, 4.69) is 0 Å². The van der Waals surface area contributed by atoms with Crippen LogP contribution in [0.4, 0.5) is 10.5 Å². The molecule has 1 saturated heterocycles. The van der Waals surface area contributed by atoms with Crippen LogP contribution in [0.15, 0.2) is 64.5 Å². The highest BCUT2D eigenvalue weighted by atomic mass is 35.5. The number of amides is 2. The number of benzene rings is 2. The average Bonchev–Trinajstić information content (AvgIpc) is 2.85. The molecule has 0 saturated carbocycles. The zero-order valence-electron chi connectivity index (χ0n) is 12.6. The third-order valence-corrected chi connectivity index (χ3v) is 5.16. The molecule has 2 amide bonds. The van der Waals surface area contributed by atoms with E-state index in [4.69, 9.17) is 34.8 Å². The molecule has 0 spiro atoms. The number of allylic oxidation sites excluding steroid dienone is 2. The van der Waals surface area contributed by atoms with Gasteiger partial charge in [0.25, 0.3) is 11.1 Å². The van der Waals surface area contributed by atoms with E-state index in [9.17, 15) is 9.59 Å². The van der Waals surface area contributed by atoms with Crippen LogP contribution in [-0.4, -0.2) is 11.1 Å². The predicted molar refractivity (Wildman–Crippen MR) is 105 cm³/mol. The van der Waals surface area contributed by atoms with Crippen LogP contribution in [0.2, 0.25) is 10.0 Å². The van der Waals surface area contributed by atoms with E-state index in [-0.39, 0.29) is 9.93 Å². The van der Waals surface area contributed by atoms with Crippen molar-refractivity contribution in [3.8, 4) is 0 Å². The van der Waals surface area contributed by atoms with Crippen molar-refractivity contribution in [1.82, 2.24) is 0 Å². The van der Waals surface area contributed by atoms with E-state index in [1.807, 2.05) is 30.3 Å². The lowest BCUT2D eigenvalue weighted by Crippen LogP contribution is -2.27. The Hall–Kier alpha value is -1.72. The van der Waals surface area contributed by atoms with Crippen molar-refractivity contribution in [1.29, 1.82) is 0 Å². The van der Waals surface area contributed by atoms with Gasteiger partial charge in [0.2, 0.25) is 0 Å². The number of imide groups is 1. The number of anilines is 1. The van der Waals surface area contributed by atoms with Gasteiger partial charge in [0.05, 0.1) is 20.6 Å². The largest absolute Gasteiger partial charge is 0.298 e. The number of hydrogen-bond acceptors (Lipinski definition) is 3. The smallest absolute Gasteiger partial charge is 0.268 e. The highest BCUT2D eigenvalue weighted by Gasteiger charge is 2.36. The Kier molecular flexibility index (Phi) is 5.54. The number of thioether (sulfide) groups is 1. The number of rotatable bonds is 3. The molecule has 0 radical (unpaired) electrons. The average molecular weight is 411 g/mol. The maximum absolute atomic E-state index is 12.6. The van der Waals surface area contributed by atoms with E-state index in [1.54, 1.807) is 12.1 Å². The standard InChI is InChI=1S/C18H10Cl3NO2S/c19-12(8-11-4-2-1-3-5-11)9-16-17(23)22(18(24)25-16)13-6-7-14(20)15(21)10-13/h1-10H/b12-8-,16-9-. The Bertz CT molecular complexity index is 910. The number of carbonyl (C=O) groups excluding carboxylic acids is 2. The highest BCUT2D eigenvalue weighted by molar-refractivity contribution is 8.18. The normalized spacial score (nSPS) is 16.8. The zero-order valence-corrected chi connectivity index (χ0v) is 15.7. The van der Waals surface area contributed by atoms with Crippen LogP contribution in [0.5, 0.6) is 0 Å². The van der Waals surface area contributed by atoms with Gasteiger partial charge >= 0.3 is 0 Å². The lowest BCUT2D eigenvalue weighted by atomic mass is 10.2.